The van der Waals surface area contributed by atoms with E-state index < -0.39 is 10.1 Å². The van der Waals surface area contributed by atoms with E-state index in [1.807, 2.05) is 30.3 Å². The van der Waals surface area contributed by atoms with Crippen LogP contribution in [0.1, 0.15) is 17.9 Å². The summed E-state index contributed by atoms with van der Waals surface area (Å²) in [6, 6.07) is 9.73. The summed E-state index contributed by atoms with van der Waals surface area (Å²) in [6.45, 7) is 1.80. The highest BCUT2D eigenvalue weighted by molar-refractivity contribution is 7.99. The molecule has 0 spiro atoms. The molecule has 7 heteroatoms. The predicted octanol–water partition coefficient (Wildman–Crippen LogP) is 2.95. The van der Waals surface area contributed by atoms with Gasteiger partial charge in [-0.3, -0.25) is 4.55 Å². The first-order valence-electron chi connectivity index (χ1n) is 6.08. The molecule has 1 N–H and O–H groups in total. The third kappa shape index (κ3) is 4.66. The topological polar surface area (TPSA) is 80.4 Å². The predicted molar refractivity (Wildman–Crippen MR) is 76.5 cm³/mol. The molecule has 0 saturated heterocycles. The van der Waals surface area contributed by atoms with Crippen LogP contribution in [0.3, 0.4) is 0 Å². The second kappa shape index (κ2) is 6.43. The largest absolute Gasteiger partial charge is 0.436 e. The first-order chi connectivity index (χ1) is 9.44. The molecule has 1 heterocycles. The molecular formula is C13H15NO4S2. The summed E-state index contributed by atoms with van der Waals surface area (Å²) in [5.41, 5.74) is 0.729. The van der Waals surface area contributed by atoms with E-state index in [1.165, 1.54) is 11.8 Å². The molecule has 0 saturated carbocycles. The molecule has 0 aliphatic rings. The van der Waals surface area contributed by atoms with Gasteiger partial charge < -0.3 is 4.42 Å². The molecule has 108 valence electrons. The number of benzene rings is 1. The first-order valence-corrected chi connectivity index (χ1v) is 8.51. The Balaban J connectivity index is 1.99. The number of rotatable bonds is 6. The molecule has 0 atom stereocenters. The van der Waals surface area contributed by atoms with E-state index >= 15 is 0 Å². The quantitative estimate of drug-likeness (QED) is 0.826. The molecule has 1 aromatic heterocycles. The molecule has 0 aliphatic heterocycles. The van der Waals surface area contributed by atoms with Crippen LogP contribution in [-0.2, 0) is 16.5 Å². The Bertz CT molecular complexity index is 665. The van der Waals surface area contributed by atoms with Gasteiger partial charge in [0.15, 0.2) is 0 Å². The maximum atomic E-state index is 10.7. The number of oxazole rings is 1. The highest BCUT2D eigenvalue weighted by atomic mass is 32.2. The van der Waals surface area contributed by atoms with Crippen LogP contribution in [0, 0.1) is 6.92 Å². The van der Waals surface area contributed by atoms with Gasteiger partial charge in [0.2, 0.25) is 0 Å². The van der Waals surface area contributed by atoms with Crippen molar-refractivity contribution in [3.8, 4) is 0 Å². The fourth-order valence-corrected chi connectivity index (χ4v) is 3.02. The molecule has 0 unspecified atom stereocenters. The minimum atomic E-state index is -3.91. The molecule has 1 aromatic carbocycles. The smallest absolute Gasteiger partial charge is 0.264 e. The van der Waals surface area contributed by atoms with E-state index in [0.29, 0.717) is 23.8 Å². The monoisotopic (exact) mass is 313 g/mol. The molecule has 0 aliphatic carbocycles. The third-order valence-corrected chi connectivity index (χ3v) is 4.30. The highest BCUT2D eigenvalue weighted by Crippen LogP contribution is 2.28. The van der Waals surface area contributed by atoms with Crippen LogP contribution in [0.5, 0.6) is 0 Å². The summed E-state index contributed by atoms with van der Waals surface area (Å²) in [6.07, 6.45) is 0.784. The van der Waals surface area contributed by atoms with Gasteiger partial charge in [-0.2, -0.15) is 8.42 Å². The molecule has 20 heavy (non-hydrogen) atoms. The first kappa shape index (κ1) is 15.1. The van der Waals surface area contributed by atoms with Gasteiger partial charge in [-0.1, -0.05) is 18.2 Å². The zero-order chi connectivity index (χ0) is 14.6. The lowest BCUT2D eigenvalue weighted by atomic mass is 10.2. The molecule has 2 aromatic rings. The van der Waals surface area contributed by atoms with Crippen LogP contribution >= 0.6 is 11.8 Å². The van der Waals surface area contributed by atoms with Crippen molar-refractivity contribution in [3.63, 3.8) is 0 Å². The number of aryl methyl sites for hydroxylation is 2. The zero-order valence-corrected chi connectivity index (χ0v) is 12.6. The van der Waals surface area contributed by atoms with Crippen molar-refractivity contribution < 1.29 is 17.4 Å². The standard InChI is InChI=1S/C13H15NO4S2/c1-10-12(8-5-9-20(15,16)17)14-13(18-10)19-11-6-3-2-4-7-11/h2-4,6-7H,5,8-9H2,1H3,(H,15,16,17). The van der Waals surface area contributed by atoms with Crippen LogP contribution < -0.4 is 0 Å². The molecule has 0 bridgehead atoms. The van der Waals surface area contributed by atoms with Gasteiger partial charge in [-0.25, -0.2) is 4.98 Å². The van der Waals surface area contributed by atoms with Crippen LogP contribution in [0.2, 0.25) is 0 Å². The molecule has 5 nitrogen and oxygen atoms in total. The summed E-state index contributed by atoms with van der Waals surface area (Å²) in [5, 5.41) is 0.538. The van der Waals surface area contributed by atoms with Crippen molar-refractivity contribution in [1.29, 1.82) is 0 Å². The number of aromatic nitrogens is 1. The van der Waals surface area contributed by atoms with Crippen LogP contribution in [0.4, 0.5) is 0 Å². The fraction of sp³-hybridized carbons (Fsp3) is 0.308. The van der Waals surface area contributed by atoms with Gasteiger partial charge in [-0.05, 0) is 43.7 Å². The number of nitrogens with zero attached hydrogens (tertiary/aromatic N) is 1. The second-order valence-corrected chi connectivity index (χ2v) is 6.88. The SMILES string of the molecule is Cc1oc(Sc2ccccc2)nc1CCCS(=O)(=O)O. The second-order valence-electron chi connectivity index (χ2n) is 4.29. The summed E-state index contributed by atoms with van der Waals surface area (Å²) in [5.74, 6) is 0.416. The third-order valence-electron chi connectivity index (χ3n) is 2.64. The van der Waals surface area contributed by atoms with Crippen LogP contribution in [0.15, 0.2) is 44.9 Å². The minimum absolute atomic E-state index is 0.263. The van der Waals surface area contributed by atoms with Gasteiger partial charge in [-0.15, -0.1) is 0 Å². The van der Waals surface area contributed by atoms with E-state index in [4.69, 9.17) is 8.97 Å². The van der Waals surface area contributed by atoms with Crippen LogP contribution in [0.25, 0.3) is 0 Å². The average molecular weight is 313 g/mol. The summed E-state index contributed by atoms with van der Waals surface area (Å²) < 4.78 is 35.6. The minimum Gasteiger partial charge on any atom is -0.436 e. The van der Waals surface area contributed by atoms with Gasteiger partial charge in [0.05, 0.1) is 11.4 Å². The van der Waals surface area contributed by atoms with E-state index in [9.17, 15) is 8.42 Å². The Labute approximate surface area is 122 Å². The lowest BCUT2D eigenvalue weighted by Gasteiger charge is -1.96. The molecule has 2 rings (SSSR count). The van der Waals surface area contributed by atoms with Crippen molar-refractivity contribution >= 4 is 21.9 Å². The Kier molecular flexibility index (Phi) is 4.85. The van der Waals surface area contributed by atoms with E-state index in [-0.39, 0.29) is 5.75 Å². The Morgan fingerprint density at radius 3 is 2.65 bits per heavy atom. The van der Waals surface area contributed by atoms with Crippen molar-refractivity contribution in [2.45, 2.75) is 29.9 Å². The normalized spacial score (nSPS) is 11.7. The lowest BCUT2D eigenvalue weighted by Crippen LogP contribution is -2.05. The Morgan fingerprint density at radius 1 is 1.30 bits per heavy atom. The summed E-state index contributed by atoms with van der Waals surface area (Å²) in [4.78, 5) is 5.37. The molecule has 0 amide bonds. The Hall–Kier alpha value is -1.31. The maximum absolute atomic E-state index is 10.7. The molecular weight excluding hydrogens is 298 g/mol. The average Bonchev–Trinajstić information content (AvgIpc) is 2.69. The van der Waals surface area contributed by atoms with Crippen molar-refractivity contribution in [1.82, 2.24) is 4.98 Å². The van der Waals surface area contributed by atoms with E-state index in [0.717, 1.165) is 10.6 Å². The van der Waals surface area contributed by atoms with Crippen molar-refractivity contribution in [3.05, 3.63) is 41.8 Å². The summed E-state index contributed by atoms with van der Waals surface area (Å²) >= 11 is 1.42. The van der Waals surface area contributed by atoms with Crippen LogP contribution in [-0.4, -0.2) is 23.7 Å². The van der Waals surface area contributed by atoms with Crippen molar-refractivity contribution in [2.24, 2.45) is 0 Å². The van der Waals surface area contributed by atoms with E-state index in [1.54, 1.807) is 6.92 Å². The zero-order valence-electron chi connectivity index (χ0n) is 10.9. The number of hydrogen-bond donors (Lipinski definition) is 1. The highest BCUT2D eigenvalue weighted by Gasteiger charge is 2.12. The van der Waals surface area contributed by atoms with Gasteiger partial charge in [0, 0.05) is 4.90 Å². The maximum Gasteiger partial charge on any atom is 0.264 e. The Morgan fingerprint density at radius 2 is 2.00 bits per heavy atom. The van der Waals surface area contributed by atoms with Gasteiger partial charge in [0.1, 0.15) is 5.76 Å². The molecule has 0 radical (unpaired) electrons. The molecule has 0 fully saturated rings. The summed E-state index contributed by atoms with van der Waals surface area (Å²) in [7, 11) is -3.91. The van der Waals surface area contributed by atoms with Gasteiger partial charge >= 0.3 is 0 Å². The fourth-order valence-electron chi connectivity index (χ4n) is 1.69. The van der Waals surface area contributed by atoms with Crippen molar-refractivity contribution in [2.75, 3.05) is 5.75 Å². The number of hydrogen-bond acceptors (Lipinski definition) is 5. The van der Waals surface area contributed by atoms with E-state index in [2.05, 4.69) is 4.98 Å². The lowest BCUT2D eigenvalue weighted by molar-refractivity contribution is 0.431. The van der Waals surface area contributed by atoms with Gasteiger partial charge in [0.25, 0.3) is 15.3 Å².